The van der Waals surface area contributed by atoms with Gasteiger partial charge in [0.1, 0.15) is 0 Å². The second-order valence-electron chi connectivity index (χ2n) is 4.85. The highest BCUT2D eigenvalue weighted by Crippen LogP contribution is 2.60. The van der Waals surface area contributed by atoms with E-state index in [1.54, 1.807) is 19.0 Å². The predicted molar refractivity (Wildman–Crippen MR) is 52.7 cm³/mol. The van der Waals surface area contributed by atoms with Crippen molar-refractivity contribution < 1.29 is 18.0 Å². The second-order valence-corrected chi connectivity index (χ2v) is 4.85. The summed E-state index contributed by atoms with van der Waals surface area (Å²) in [6.07, 6.45) is -1.74. The van der Waals surface area contributed by atoms with Gasteiger partial charge in [0.05, 0.1) is 0 Å². The van der Waals surface area contributed by atoms with Gasteiger partial charge in [-0.2, -0.15) is 13.2 Å². The molecule has 2 rings (SSSR count). The van der Waals surface area contributed by atoms with Crippen LogP contribution in [0.4, 0.5) is 13.2 Å². The number of alkyl halides is 3. The Balaban J connectivity index is 2.34. The number of nitrogens with zero attached hydrogens (tertiary/aromatic N) is 1. The Hall–Kier alpha value is -1.00. The zero-order valence-electron chi connectivity index (χ0n) is 9.32. The van der Waals surface area contributed by atoms with Gasteiger partial charge in [0.25, 0.3) is 5.78 Å². The molecule has 0 aliphatic heterocycles. The molecule has 2 nitrogen and oxygen atoms in total. The van der Waals surface area contributed by atoms with Gasteiger partial charge >= 0.3 is 6.18 Å². The molecule has 90 valence electrons. The van der Waals surface area contributed by atoms with Gasteiger partial charge in [-0.15, -0.1) is 0 Å². The molecule has 0 radical (unpaired) electrons. The number of carbonyl (C=O) groups excluding carboxylic acids is 1. The Kier molecular flexibility index (Phi) is 2.33. The van der Waals surface area contributed by atoms with Gasteiger partial charge in [-0.1, -0.05) is 6.42 Å². The molecule has 1 fully saturated rings. The summed E-state index contributed by atoms with van der Waals surface area (Å²) < 4.78 is 37.4. The summed E-state index contributed by atoms with van der Waals surface area (Å²) in [6, 6.07) is 0. The molecule has 0 aromatic rings. The summed E-state index contributed by atoms with van der Waals surface area (Å²) in [6.45, 7) is 0. The van der Waals surface area contributed by atoms with Crippen LogP contribution >= 0.6 is 0 Å². The Labute approximate surface area is 92.1 Å². The first-order chi connectivity index (χ1) is 7.28. The summed E-state index contributed by atoms with van der Waals surface area (Å²) in [5.41, 5.74) is 0.143. The van der Waals surface area contributed by atoms with Gasteiger partial charge in [-0.25, -0.2) is 0 Å². The Morgan fingerprint density at radius 2 is 1.88 bits per heavy atom. The zero-order valence-corrected chi connectivity index (χ0v) is 9.32. The highest BCUT2D eigenvalue weighted by molar-refractivity contribution is 6.03. The van der Waals surface area contributed by atoms with Crippen LogP contribution in [0, 0.1) is 5.41 Å². The van der Waals surface area contributed by atoms with E-state index in [1.165, 1.54) is 0 Å². The van der Waals surface area contributed by atoms with Crippen molar-refractivity contribution in [2.24, 2.45) is 5.41 Å². The van der Waals surface area contributed by atoms with Crippen LogP contribution in [0.15, 0.2) is 11.3 Å². The largest absolute Gasteiger partial charge is 0.454 e. The van der Waals surface area contributed by atoms with Crippen molar-refractivity contribution in [2.45, 2.75) is 31.9 Å². The van der Waals surface area contributed by atoms with Gasteiger partial charge in [-0.3, -0.25) is 4.79 Å². The van der Waals surface area contributed by atoms with Gasteiger partial charge in [0, 0.05) is 30.8 Å². The summed E-state index contributed by atoms with van der Waals surface area (Å²) in [5.74, 6) is -1.64. The number of Topliss-reactive ketones (excluding diaryl/α,β-unsaturated/α-hetero) is 1. The van der Waals surface area contributed by atoms with Crippen LogP contribution in [0.25, 0.3) is 0 Å². The van der Waals surface area contributed by atoms with Gasteiger partial charge in [-0.05, 0) is 19.3 Å². The second kappa shape index (κ2) is 3.25. The van der Waals surface area contributed by atoms with E-state index in [-0.39, 0.29) is 5.57 Å². The fourth-order valence-electron chi connectivity index (χ4n) is 2.62. The van der Waals surface area contributed by atoms with Gasteiger partial charge in [0.2, 0.25) is 0 Å². The predicted octanol–water partition coefficient (Wildman–Crippen LogP) is 2.51. The normalized spacial score (nSPS) is 22.8. The van der Waals surface area contributed by atoms with E-state index in [1.807, 2.05) is 0 Å². The molecule has 0 amide bonds. The molecule has 0 N–H and O–H groups in total. The summed E-state index contributed by atoms with van der Waals surface area (Å²) in [7, 11) is 3.37. The van der Waals surface area contributed by atoms with E-state index in [0.29, 0.717) is 12.1 Å². The average Bonchev–Trinajstić information content (AvgIpc) is 1.96. The molecule has 0 bridgehead atoms. The molecule has 0 aromatic carbocycles. The van der Waals surface area contributed by atoms with Crippen molar-refractivity contribution >= 4 is 5.78 Å². The number of allylic oxidation sites excluding steroid dienone is 2. The first-order valence-electron chi connectivity index (χ1n) is 5.30. The van der Waals surface area contributed by atoms with E-state index in [2.05, 4.69) is 0 Å². The fraction of sp³-hybridized carbons (Fsp3) is 0.727. The SMILES string of the molecule is CN(C)C1=C(C(=O)C(F)(F)F)C2(CCC2)C1. The lowest BCUT2D eigenvalue weighted by Gasteiger charge is -2.53. The summed E-state index contributed by atoms with van der Waals surface area (Å²) in [5, 5.41) is 0. The van der Waals surface area contributed by atoms with Crippen LogP contribution in [0.3, 0.4) is 0 Å². The Morgan fingerprint density at radius 1 is 1.31 bits per heavy atom. The number of ketones is 1. The molecular formula is C11H14F3NO. The van der Waals surface area contributed by atoms with Crippen LogP contribution in [0.1, 0.15) is 25.7 Å². The molecule has 0 saturated heterocycles. The maximum atomic E-state index is 12.5. The number of halogens is 3. The maximum absolute atomic E-state index is 12.5. The van der Waals surface area contributed by atoms with Crippen LogP contribution in [-0.2, 0) is 4.79 Å². The van der Waals surface area contributed by atoms with E-state index in [0.717, 1.165) is 19.3 Å². The minimum Gasteiger partial charge on any atom is -0.381 e. The van der Waals surface area contributed by atoms with Crippen molar-refractivity contribution in [3.05, 3.63) is 11.3 Å². The van der Waals surface area contributed by atoms with Crippen LogP contribution in [-0.4, -0.2) is 31.0 Å². The molecule has 1 saturated carbocycles. The highest BCUT2D eigenvalue weighted by Gasteiger charge is 2.57. The average molecular weight is 233 g/mol. The molecule has 5 heteroatoms. The monoisotopic (exact) mass is 233 g/mol. The van der Waals surface area contributed by atoms with E-state index in [4.69, 9.17) is 0 Å². The van der Waals surface area contributed by atoms with Crippen LogP contribution in [0.5, 0.6) is 0 Å². The lowest BCUT2D eigenvalue weighted by molar-refractivity contribution is -0.169. The van der Waals surface area contributed by atoms with E-state index >= 15 is 0 Å². The number of carbonyl (C=O) groups is 1. The fourth-order valence-corrected chi connectivity index (χ4v) is 2.62. The topological polar surface area (TPSA) is 20.3 Å². The quantitative estimate of drug-likeness (QED) is 0.730. The molecule has 0 atom stereocenters. The third-order valence-electron chi connectivity index (χ3n) is 3.66. The van der Waals surface area contributed by atoms with Gasteiger partial charge < -0.3 is 4.90 Å². The number of rotatable bonds is 2. The summed E-state index contributed by atoms with van der Waals surface area (Å²) >= 11 is 0. The molecule has 0 aromatic heterocycles. The Morgan fingerprint density at radius 3 is 2.19 bits per heavy atom. The smallest absolute Gasteiger partial charge is 0.381 e. The standard InChI is InChI=1S/C11H14F3NO/c1-15(2)7-6-10(4-3-5-10)8(7)9(16)11(12,13)14/h3-6H2,1-2H3. The Bertz CT molecular complexity index is 364. The van der Waals surface area contributed by atoms with E-state index < -0.39 is 17.4 Å². The number of hydrogen-bond acceptors (Lipinski definition) is 2. The lowest BCUT2D eigenvalue weighted by Crippen LogP contribution is -2.49. The molecule has 2 aliphatic carbocycles. The van der Waals surface area contributed by atoms with Crippen molar-refractivity contribution in [3.8, 4) is 0 Å². The molecule has 0 unspecified atom stereocenters. The van der Waals surface area contributed by atoms with Crippen molar-refractivity contribution in [3.63, 3.8) is 0 Å². The summed E-state index contributed by atoms with van der Waals surface area (Å²) in [4.78, 5) is 13.0. The first kappa shape index (κ1) is 11.5. The lowest BCUT2D eigenvalue weighted by atomic mass is 9.53. The molecule has 16 heavy (non-hydrogen) atoms. The third-order valence-corrected chi connectivity index (χ3v) is 3.66. The van der Waals surface area contributed by atoms with Crippen molar-refractivity contribution in [1.29, 1.82) is 0 Å². The molecule has 0 heterocycles. The minimum absolute atomic E-state index is 0.0243. The van der Waals surface area contributed by atoms with Crippen molar-refractivity contribution in [1.82, 2.24) is 4.90 Å². The molecule has 2 aliphatic rings. The van der Waals surface area contributed by atoms with Crippen LogP contribution < -0.4 is 0 Å². The highest BCUT2D eigenvalue weighted by atomic mass is 19.4. The van der Waals surface area contributed by atoms with Crippen LogP contribution in [0.2, 0.25) is 0 Å². The first-order valence-corrected chi connectivity index (χ1v) is 5.30. The maximum Gasteiger partial charge on any atom is 0.454 e. The molecule has 1 spiro atoms. The van der Waals surface area contributed by atoms with Crippen molar-refractivity contribution in [2.75, 3.05) is 14.1 Å². The molecular weight excluding hydrogens is 219 g/mol. The number of hydrogen-bond donors (Lipinski definition) is 0. The third kappa shape index (κ3) is 1.44. The minimum atomic E-state index is -4.74. The van der Waals surface area contributed by atoms with Gasteiger partial charge in [0.15, 0.2) is 0 Å². The van der Waals surface area contributed by atoms with E-state index in [9.17, 15) is 18.0 Å². The zero-order chi connectivity index (χ0) is 12.1.